The van der Waals surface area contributed by atoms with E-state index in [0.717, 1.165) is 32.1 Å². The fraction of sp³-hybridized carbons (Fsp3) is 0.667. The SMILES string of the molecule is CCCCCCC1CCCC(=O)C(CCC)(S(=O)(=O)c2ccccc2)O1. The van der Waals surface area contributed by atoms with Crippen LogP contribution in [-0.2, 0) is 19.4 Å². The molecule has 2 atom stereocenters. The lowest BCUT2D eigenvalue weighted by atomic mass is 10.0. The summed E-state index contributed by atoms with van der Waals surface area (Å²) in [4.78, 5) is 11.4. The normalized spacial score (nSPS) is 24.4. The number of rotatable bonds is 9. The first-order chi connectivity index (χ1) is 12.5. The molecule has 0 aliphatic carbocycles. The van der Waals surface area contributed by atoms with E-state index in [4.69, 9.17) is 4.74 Å². The molecular formula is C21H32O4S. The third kappa shape index (κ3) is 4.55. The zero-order valence-electron chi connectivity index (χ0n) is 16.1. The molecule has 0 aromatic heterocycles. The third-order valence-electron chi connectivity index (χ3n) is 5.16. The average Bonchev–Trinajstić information content (AvgIpc) is 2.80. The van der Waals surface area contributed by atoms with Crippen molar-refractivity contribution < 1.29 is 17.9 Å². The van der Waals surface area contributed by atoms with Crippen LogP contribution < -0.4 is 0 Å². The first-order valence-corrected chi connectivity index (χ1v) is 11.5. The van der Waals surface area contributed by atoms with Crippen molar-refractivity contribution >= 4 is 15.6 Å². The summed E-state index contributed by atoms with van der Waals surface area (Å²) in [5.41, 5.74) is 0. The van der Waals surface area contributed by atoms with Gasteiger partial charge in [-0.3, -0.25) is 4.79 Å². The summed E-state index contributed by atoms with van der Waals surface area (Å²) in [6, 6.07) is 8.28. The molecule has 1 fully saturated rings. The fourth-order valence-electron chi connectivity index (χ4n) is 3.74. The molecule has 1 aromatic rings. The highest BCUT2D eigenvalue weighted by molar-refractivity contribution is 7.93. The van der Waals surface area contributed by atoms with E-state index in [9.17, 15) is 13.2 Å². The topological polar surface area (TPSA) is 60.4 Å². The number of sulfone groups is 1. The molecule has 0 amide bonds. The van der Waals surface area contributed by atoms with Gasteiger partial charge < -0.3 is 4.74 Å². The summed E-state index contributed by atoms with van der Waals surface area (Å²) in [7, 11) is -3.90. The monoisotopic (exact) mass is 380 g/mol. The van der Waals surface area contributed by atoms with E-state index < -0.39 is 14.8 Å². The smallest absolute Gasteiger partial charge is 0.232 e. The van der Waals surface area contributed by atoms with Crippen LogP contribution in [0.5, 0.6) is 0 Å². The Kier molecular flexibility index (Phi) is 7.84. The maximum absolute atomic E-state index is 13.4. The molecule has 2 unspecified atom stereocenters. The minimum absolute atomic E-state index is 0.164. The molecule has 4 nitrogen and oxygen atoms in total. The highest BCUT2D eigenvalue weighted by Crippen LogP contribution is 2.38. The van der Waals surface area contributed by atoms with Crippen LogP contribution >= 0.6 is 0 Å². The van der Waals surface area contributed by atoms with Crippen molar-refractivity contribution in [3.63, 3.8) is 0 Å². The number of carbonyl (C=O) groups is 1. The lowest BCUT2D eigenvalue weighted by molar-refractivity contribution is -0.138. The van der Waals surface area contributed by atoms with Gasteiger partial charge in [0.15, 0.2) is 5.78 Å². The van der Waals surface area contributed by atoms with Crippen molar-refractivity contribution in [1.29, 1.82) is 0 Å². The van der Waals surface area contributed by atoms with Crippen molar-refractivity contribution in [2.75, 3.05) is 0 Å². The van der Waals surface area contributed by atoms with Crippen molar-refractivity contribution in [2.45, 2.75) is 94.0 Å². The quantitative estimate of drug-likeness (QED) is 0.562. The number of Topliss-reactive ketones (excluding diaryl/α,β-unsaturated/α-hetero) is 1. The number of ketones is 1. The Morgan fingerprint density at radius 2 is 1.81 bits per heavy atom. The van der Waals surface area contributed by atoms with Crippen LogP contribution in [0.1, 0.15) is 78.1 Å². The Balaban J connectivity index is 2.33. The molecule has 2 rings (SSSR count). The molecule has 1 heterocycles. The first kappa shape index (κ1) is 21.1. The Hall–Kier alpha value is -1.20. The predicted molar refractivity (Wildman–Crippen MR) is 104 cm³/mol. The largest absolute Gasteiger partial charge is 0.349 e. The maximum Gasteiger partial charge on any atom is 0.232 e. The molecule has 1 aliphatic heterocycles. The Morgan fingerprint density at radius 1 is 1.08 bits per heavy atom. The third-order valence-corrected chi connectivity index (χ3v) is 7.45. The average molecular weight is 381 g/mol. The van der Waals surface area contributed by atoms with Crippen LogP contribution in [0.2, 0.25) is 0 Å². The molecule has 26 heavy (non-hydrogen) atoms. The van der Waals surface area contributed by atoms with Gasteiger partial charge in [0.25, 0.3) is 0 Å². The van der Waals surface area contributed by atoms with E-state index in [-0.39, 0.29) is 29.6 Å². The van der Waals surface area contributed by atoms with Crippen LogP contribution in [0.15, 0.2) is 35.2 Å². The molecule has 0 radical (unpaired) electrons. The second-order valence-corrected chi connectivity index (χ2v) is 9.36. The molecule has 1 aromatic carbocycles. The van der Waals surface area contributed by atoms with Gasteiger partial charge in [0.2, 0.25) is 14.8 Å². The second kappa shape index (κ2) is 9.65. The zero-order chi connectivity index (χ0) is 19.0. The van der Waals surface area contributed by atoms with Crippen molar-refractivity contribution in [2.24, 2.45) is 0 Å². The van der Waals surface area contributed by atoms with Gasteiger partial charge in [-0.25, -0.2) is 8.42 Å². The summed E-state index contributed by atoms with van der Waals surface area (Å²) in [5, 5.41) is 0. The minimum Gasteiger partial charge on any atom is -0.349 e. The van der Waals surface area contributed by atoms with Crippen molar-refractivity contribution in [3.8, 4) is 0 Å². The molecule has 0 saturated carbocycles. The summed E-state index contributed by atoms with van der Waals surface area (Å²) >= 11 is 0. The summed E-state index contributed by atoms with van der Waals surface area (Å²) in [6.07, 6.45) is 7.66. The van der Waals surface area contributed by atoms with Crippen molar-refractivity contribution in [1.82, 2.24) is 0 Å². The van der Waals surface area contributed by atoms with E-state index in [2.05, 4.69) is 6.92 Å². The van der Waals surface area contributed by atoms with Crippen molar-refractivity contribution in [3.05, 3.63) is 30.3 Å². The van der Waals surface area contributed by atoms with Gasteiger partial charge in [-0.05, 0) is 37.8 Å². The van der Waals surface area contributed by atoms with Gasteiger partial charge in [0, 0.05) is 6.42 Å². The number of ether oxygens (including phenoxy) is 1. The lowest BCUT2D eigenvalue weighted by Crippen LogP contribution is -2.49. The van der Waals surface area contributed by atoms with Crippen LogP contribution in [0.25, 0.3) is 0 Å². The predicted octanol–water partition coefficient (Wildman–Crippen LogP) is 5.07. The maximum atomic E-state index is 13.4. The molecule has 0 spiro atoms. The molecule has 5 heteroatoms. The van der Waals surface area contributed by atoms with Gasteiger partial charge in [0.05, 0.1) is 11.0 Å². The van der Waals surface area contributed by atoms with Gasteiger partial charge in [-0.1, -0.05) is 64.2 Å². The van der Waals surface area contributed by atoms with E-state index >= 15 is 0 Å². The number of unbranched alkanes of at least 4 members (excludes halogenated alkanes) is 3. The van der Waals surface area contributed by atoms with Crippen LogP contribution in [0.4, 0.5) is 0 Å². The van der Waals surface area contributed by atoms with Gasteiger partial charge in [-0.2, -0.15) is 0 Å². The Labute approximate surface area is 158 Å². The number of benzene rings is 1. The highest BCUT2D eigenvalue weighted by atomic mass is 32.2. The molecule has 146 valence electrons. The summed E-state index contributed by atoms with van der Waals surface area (Å²) < 4.78 is 33.1. The standard InChI is InChI=1S/C21H32O4S/c1-3-5-6-8-12-18-13-11-16-20(22)21(25-18,17-4-2)26(23,24)19-14-9-7-10-15-19/h7,9-10,14-15,18H,3-6,8,11-13,16-17H2,1-2H3. The highest BCUT2D eigenvalue weighted by Gasteiger charge is 2.53. The lowest BCUT2D eigenvalue weighted by Gasteiger charge is -2.33. The van der Waals surface area contributed by atoms with E-state index in [0.29, 0.717) is 12.8 Å². The molecule has 0 N–H and O–H groups in total. The fourth-order valence-corrected chi connectivity index (χ4v) is 5.78. The van der Waals surface area contributed by atoms with Gasteiger partial charge in [-0.15, -0.1) is 0 Å². The van der Waals surface area contributed by atoms with E-state index in [1.165, 1.54) is 6.42 Å². The Morgan fingerprint density at radius 3 is 2.46 bits per heavy atom. The van der Waals surface area contributed by atoms with Crippen LogP contribution in [-0.4, -0.2) is 25.2 Å². The first-order valence-electron chi connectivity index (χ1n) is 9.98. The van der Waals surface area contributed by atoms with E-state index in [1.54, 1.807) is 30.3 Å². The van der Waals surface area contributed by atoms with Crippen LogP contribution in [0, 0.1) is 0 Å². The van der Waals surface area contributed by atoms with E-state index in [1.807, 2.05) is 6.92 Å². The van der Waals surface area contributed by atoms with Crippen LogP contribution in [0.3, 0.4) is 0 Å². The molecule has 1 aliphatic rings. The number of carbonyl (C=O) groups excluding carboxylic acids is 1. The molecule has 1 saturated heterocycles. The van der Waals surface area contributed by atoms with Gasteiger partial charge in [0.1, 0.15) is 0 Å². The zero-order valence-corrected chi connectivity index (χ0v) is 16.9. The number of hydrogen-bond acceptors (Lipinski definition) is 4. The number of hydrogen-bond donors (Lipinski definition) is 0. The summed E-state index contributed by atoms with van der Waals surface area (Å²) in [5.74, 6) is -0.278. The second-order valence-electron chi connectivity index (χ2n) is 7.22. The molecular weight excluding hydrogens is 348 g/mol. The molecule has 0 bridgehead atoms. The minimum atomic E-state index is -3.90. The summed E-state index contributed by atoms with van der Waals surface area (Å²) in [6.45, 7) is 4.07. The Bertz CT molecular complexity index is 669. The van der Waals surface area contributed by atoms with Gasteiger partial charge >= 0.3 is 0 Å².